The summed E-state index contributed by atoms with van der Waals surface area (Å²) in [7, 11) is 0. The van der Waals surface area contributed by atoms with Crippen molar-refractivity contribution in [3.8, 4) is 0 Å². The molecule has 4 bridgehead atoms. The van der Waals surface area contributed by atoms with Crippen molar-refractivity contribution in [1.29, 1.82) is 0 Å². The van der Waals surface area contributed by atoms with E-state index in [4.69, 9.17) is 4.52 Å². The van der Waals surface area contributed by atoms with Crippen molar-refractivity contribution in [2.75, 3.05) is 0 Å². The predicted octanol–water partition coefficient (Wildman–Crippen LogP) is 3.24. The first-order valence-corrected chi connectivity index (χ1v) is 9.51. The first-order chi connectivity index (χ1) is 11.4. The molecular formula is C19H29N3O2. The lowest BCUT2D eigenvalue weighted by Gasteiger charge is -2.54. The van der Waals surface area contributed by atoms with E-state index in [9.17, 15) is 4.79 Å². The highest BCUT2D eigenvalue weighted by molar-refractivity contribution is 5.76. The van der Waals surface area contributed by atoms with Crippen molar-refractivity contribution in [2.45, 2.75) is 77.2 Å². The van der Waals surface area contributed by atoms with Gasteiger partial charge in [-0.2, -0.15) is 4.98 Å². The van der Waals surface area contributed by atoms with Gasteiger partial charge in [0.2, 0.25) is 11.8 Å². The van der Waals surface area contributed by atoms with Gasteiger partial charge in [-0.15, -0.1) is 0 Å². The minimum atomic E-state index is -0.121. The number of nitrogens with zero attached hydrogens (tertiary/aromatic N) is 2. The molecular weight excluding hydrogens is 302 g/mol. The van der Waals surface area contributed by atoms with Crippen LogP contribution in [0.4, 0.5) is 0 Å². The lowest BCUT2D eigenvalue weighted by Crippen LogP contribution is -2.55. The van der Waals surface area contributed by atoms with Gasteiger partial charge in [0.15, 0.2) is 5.82 Å². The summed E-state index contributed by atoms with van der Waals surface area (Å²) in [5, 5.41) is 7.36. The van der Waals surface area contributed by atoms with Gasteiger partial charge in [-0.1, -0.05) is 25.9 Å². The first kappa shape index (κ1) is 16.1. The molecule has 1 aromatic heterocycles. The van der Waals surface area contributed by atoms with E-state index in [2.05, 4.69) is 36.2 Å². The normalized spacial score (nSPS) is 34.5. The number of carbonyl (C=O) groups is 1. The van der Waals surface area contributed by atoms with E-state index in [1.807, 2.05) is 0 Å². The largest absolute Gasteiger partial charge is 0.353 e. The number of rotatable bonds is 4. The summed E-state index contributed by atoms with van der Waals surface area (Å²) in [6, 6.07) is 0.415. The van der Waals surface area contributed by atoms with Crippen LogP contribution in [0.1, 0.15) is 71.0 Å². The Labute approximate surface area is 144 Å². The molecule has 1 N–H and O–H groups in total. The van der Waals surface area contributed by atoms with Crippen molar-refractivity contribution in [2.24, 2.45) is 23.7 Å². The van der Waals surface area contributed by atoms with E-state index < -0.39 is 0 Å². The van der Waals surface area contributed by atoms with Crippen molar-refractivity contribution in [3.63, 3.8) is 0 Å². The molecule has 24 heavy (non-hydrogen) atoms. The fourth-order valence-electron chi connectivity index (χ4n) is 5.30. The highest BCUT2D eigenvalue weighted by atomic mass is 16.5. The molecule has 5 nitrogen and oxygen atoms in total. The van der Waals surface area contributed by atoms with Gasteiger partial charge >= 0.3 is 0 Å². The Morgan fingerprint density at radius 3 is 2.29 bits per heavy atom. The molecule has 4 saturated carbocycles. The zero-order chi connectivity index (χ0) is 16.9. The van der Waals surface area contributed by atoms with E-state index in [1.54, 1.807) is 0 Å². The molecule has 4 fully saturated rings. The van der Waals surface area contributed by atoms with E-state index in [1.165, 1.54) is 32.1 Å². The second-order valence-electron chi connectivity index (χ2n) is 9.29. The minimum Gasteiger partial charge on any atom is -0.353 e. The smallest absolute Gasteiger partial charge is 0.227 e. The molecule has 0 unspecified atom stereocenters. The van der Waals surface area contributed by atoms with Crippen LogP contribution < -0.4 is 5.32 Å². The maximum atomic E-state index is 12.4. The maximum Gasteiger partial charge on any atom is 0.227 e. The third kappa shape index (κ3) is 3.09. The minimum absolute atomic E-state index is 0.121. The van der Waals surface area contributed by atoms with Crippen LogP contribution in [-0.4, -0.2) is 22.1 Å². The Hall–Kier alpha value is -1.39. The van der Waals surface area contributed by atoms with Gasteiger partial charge in [0.25, 0.3) is 0 Å². The number of carbonyl (C=O) groups excluding carboxylic acids is 1. The molecule has 5 heteroatoms. The number of aryl methyl sites for hydroxylation is 1. The molecule has 0 atom stereocenters. The highest BCUT2D eigenvalue weighted by Gasteiger charge is 2.48. The molecule has 0 aromatic carbocycles. The summed E-state index contributed by atoms with van der Waals surface area (Å²) in [6.45, 7) is 6.17. The van der Waals surface area contributed by atoms with Gasteiger partial charge in [-0.25, -0.2) is 0 Å². The van der Waals surface area contributed by atoms with Crippen molar-refractivity contribution in [1.82, 2.24) is 15.5 Å². The average Bonchev–Trinajstić information content (AvgIpc) is 2.97. The first-order valence-electron chi connectivity index (χ1n) is 9.51. The summed E-state index contributed by atoms with van der Waals surface area (Å²) in [4.78, 5) is 16.8. The zero-order valence-electron chi connectivity index (χ0n) is 15.0. The van der Waals surface area contributed by atoms with Crippen LogP contribution in [0.25, 0.3) is 0 Å². The molecule has 0 saturated heterocycles. The Bertz CT molecular complexity index is 588. The van der Waals surface area contributed by atoms with Crippen molar-refractivity contribution >= 4 is 5.91 Å². The third-order valence-electron chi connectivity index (χ3n) is 6.26. The molecule has 4 aliphatic rings. The summed E-state index contributed by atoms with van der Waals surface area (Å²) >= 11 is 0. The molecule has 0 radical (unpaired) electrons. The Morgan fingerprint density at radius 2 is 1.75 bits per heavy atom. The van der Waals surface area contributed by atoms with Crippen LogP contribution in [0.15, 0.2) is 4.52 Å². The van der Waals surface area contributed by atoms with Crippen molar-refractivity contribution in [3.05, 3.63) is 11.7 Å². The molecule has 4 aliphatic carbocycles. The third-order valence-corrected chi connectivity index (χ3v) is 6.26. The highest BCUT2D eigenvalue weighted by Crippen LogP contribution is 2.53. The Kier molecular flexibility index (Phi) is 3.92. The quantitative estimate of drug-likeness (QED) is 0.919. The molecule has 0 aliphatic heterocycles. The standard InChI is InChI=1S/C19H29N3O2/c1-19(2,3)18-21-16(24-22-18)5-4-15(23)20-17-13-7-11-6-12(9-13)10-14(17)8-11/h11-14,17H,4-10H2,1-3H3,(H,20,23). The second kappa shape index (κ2) is 5.85. The zero-order valence-corrected chi connectivity index (χ0v) is 15.0. The lowest BCUT2D eigenvalue weighted by atomic mass is 9.54. The number of amides is 1. The van der Waals surface area contributed by atoms with Crippen molar-refractivity contribution < 1.29 is 9.32 Å². The monoisotopic (exact) mass is 331 g/mol. The fourth-order valence-corrected chi connectivity index (χ4v) is 5.30. The molecule has 0 spiro atoms. The topological polar surface area (TPSA) is 68.0 Å². The van der Waals surface area contributed by atoms with Crippen LogP contribution in [-0.2, 0) is 16.6 Å². The Morgan fingerprint density at radius 1 is 1.12 bits per heavy atom. The van der Waals surface area contributed by atoms with E-state index >= 15 is 0 Å². The van der Waals surface area contributed by atoms with Gasteiger partial charge in [0.1, 0.15) is 0 Å². The van der Waals surface area contributed by atoms with Crippen LogP contribution in [0, 0.1) is 23.7 Å². The summed E-state index contributed by atoms with van der Waals surface area (Å²) in [5.41, 5.74) is -0.121. The van der Waals surface area contributed by atoms with Crippen LogP contribution in [0.3, 0.4) is 0 Å². The molecule has 1 aromatic rings. The van der Waals surface area contributed by atoms with Gasteiger partial charge in [0.05, 0.1) is 0 Å². The van der Waals surface area contributed by atoms with Crippen LogP contribution >= 0.6 is 0 Å². The van der Waals surface area contributed by atoms with E-state index in [-0.39, 0.29) is 11.3 Å². The number of aromatic nitrogens is 2. The van der Waals surface area contributed by atoms with Gasteiger partial charge in [-0.05, 0) is 55.8 Å². The predicted molar refractivity (Wildman–Crippen MR) is 90.3 cm³/mol. The Balaban J connectivity index is 1.30. The average molecular weight is 331 g/mol. The van der Waals surface area contributed by atoms with Gasteiger partial charge in [0, 0.05) is 24.3 Å². The SMILES string of the molecule is CC(C)(C)c1noc(CCC(=O)NC2C3CC4CC(C3)CC2C4)n1. The molecule has 5 rings (SSSR count). The summed E-state index contributed by atoms with van der Waals surface area (Å²) < 4.78 is 5.28. The fraction of sp³-hybridized carbons (Fsp3) is 0.842. The second-order valence-corrected chi connectivity index (χ2v) is 9.29. The summed E-state index contributed by atoms with van der Waals surface area (Å²) in [5.74, 6) is 4.74. The molecule has 1 amide bonds. The van der Waals surface area contributed by atoms with Crippen LogP contribution in [0.2, 0.25) is 0 Å². The summed E-state index contributed by atoms with van der Waals surface area (Å²) in [6.07, 6.45) is 7.73. The van der Waals surface area contributed by atoms with Crippen LogP contribution in [0.5, 0.6) is 0 Å². The number of hydrogen-bond acceptors (Lipinski definition) is 4. The molecule has 132 valence electrons. The maximum absolute atomic E-state index is 12.4. The number of hydrogen-bond donors (Lipinski definition) is 1. The number of nitrogens with one attached hydrogen (secondary N) is 1. The van der Waals surface area contributed by atoms with Gasteiger partial charge < -0.3 is 9.84 Å². The lowest BCUT2D eigenvalue weighted by molar-refractivity contribution is -0.125. The van der Waals surface area contributed by atoms with E-state index in [0.717, 1.165) is 23.7 Å². The van der Waals surface area contributed by atoms with Gasteiger partial charge in [-0.3, -0.25) is 4.79 Å². The molecule has 1 heterocycles. The van der Waals surface area contributed by atoms with E-state index in [0.29, 0.717) is 30.6 Å².